The van der Waals surface area contributed by atoms with Gasteiger partial charge >= 0.3 is 5.97 Å². The van der Waals surface area contributed by atoms with Crippen LogP contribution >= 0.6 is 15.9 Å². The maximum Gasteiger partial charge on any atom is 0.326 e. The van der Waals surface area contributed by atoms with Gasteiger partial charge in [0, 0.05) is 34.2 Å². The van der Waals surface area contributed by atoms with Gasteiger partial charge in [-0.3, -0.25) is 4.98 Å². The fourth-order valence-corrected chi connectivity index (χ4v) is 2.86. The molecular weight excluding hydrogens is 384 g/mol. The highest BCUT2D eigenvalue weighted by molar-refractivity contribution is 9.10. The number of hydrogen-bond acceptors (Lipinski definition) is 5. The molecule has 134 valence electrons. The molecule has 25 heavy (non-hydrogen) atoms. The molecule has 0 spiro atoms. The minimum absolute atomic E-state index is 0.263. The molecule has 2 heterocycles. The van der Waals surface area contributed by atoms with Crippen LogP contribution in [0.1, 0.15) is 39.3 Å². The van der Waals surface area contributed by atoms with E-state index in [4.69, 9.17) is 0 Å². The Balaban J connectivity index is 2.38. The first kappa shape index (κ1) is 19.3. The van der Waals surface area contributed by atoms with Gasteiger partial charge in [0.1, 0.15) is 11.9 Å². The molecule has 0 saturated carbocycles. The van der Waals surface area contributed by atoms with E-state index in [9.17, 15) is 9.90 Å². The minimum Gasteiger partial charge on any atom is -0.480 e. The van der Waals surface area contributed by atoms with E-state index in [-0.39, 0.29) is 5.92 Å². The molecule has 0 saturated heterocycles. The van der Waals surface area contributed by atoms with Gasteiger partial charge in [0.15, 0.2) is 5.82 Å². The molecule has 0 bridgehead atoms. The molecule has 6 nitrogen and oxygen atoms in total. The van der Waals surface area contributed by atoms with Crippen molar-refractivity contribution in [2.75, 3.05) is 5.32 Å². The Bertz CT molecular complexity index is 737. The molecule has 0 aliphatic carbocycles. The normalized spacial score (nSPS) is 12.2. The summed E-state index contributed by atoms with van der Waals surface area (Å²) in [6.07, 6.45) is 5.66. The Labute approximate surface area is 156 Å². The molecule has 1 atom stereocenters. The number of aliphatic carboxylic acids is 1. The SMILES string of the molecule is CCCc1cc(NC(CC(C)C)C(=O)O)nc(-c2cncc(Br)c2)n1. The van der Waals surface area contributed by atoms with Crippen LogP contribution in [0.2, 0.25) is 0 Å². The molecule has 0 radical (unpaired) electrons. The van der Waals surface area contributed by atoms with Gasteiger partial charge in [0.2, 0.25) is 0 Å². The average Bonchev–Trinajstić information content (AvgIpc) is 2.54. The molecule has 0 amide bonds. The van der Waals surface area contributed by atoms with Gasteiger partial charge < -0.3 is 10.4 Å². The predicted octanol–water partition coefficient (Wildman–Crippen LogP) is 4.16. The molecule has 0 aromatic carbocycles. The zero-order chi connectivity index (χ0) is 18.4. The van der Waals surface area contributed by atoms with Crippen LogP contribution < -0.4 is 5.32 Å². The molecule has 2 aromatic rings. The van der Waals surface area contributed by atoms with E-state index in [0.29, 0.717) is 18.1 Å². The highest BCUT2D eigenvalue weighted by Crippen LogP contribution is 2.22. The third-order valence-electron chi connectivity index (χ3n) is 3.58. The highest BCUT2D eigenvalue weighted by atomic mass is 79.9. The van der Waals surface area contributed by atoms with Crippen LogP contribution in [0.5, 0.6) is 0 Å². The van der Waals surface area contributed by atoms with Crippen LogP contribution in [-0.2, 0) is 11.2 Å². The van der Waals surface area contributed by atoms with Crippen molar-refractivity contribution in [2.45, 2.75) is 46.1 Å². The summed E-state index contributed by atoms with van der Waals surface area (Å²) in [6.45, 7) is 6.08. The van der Waals surface area contributed by atoms with Gasteiger partial charge in [-0.25, -0.2) is 14.8 Å². The van der Waals surface area contributed by atoms with E-state index < -0.39 is 12.0 Å². The predicted molar refractivity (Wildman–Crippen MR) is 101 cm³/mol. The topological polar surface area (TPSA) is 88.0 Å². The van der Waals surface area contributed by atoms with Gasteiger partial charge in [0.05, 0.1) is 0 Å². The number of carboxylic acids is 1. The summed E-state index contributed by atoms with van der Waals surface area (Å²) in [5.41, 5.74) is 1.66. The first-order chi connectivity index (χ1) is 11.9. The number of halogens is 1. The van der Waals surface area contributed by atoms with E-state index >= 15 is 0 Å². The van der Waals surface area contributed by atoms with Crippen LogP contribution in [0, 0.1) is 5.92 Å². The fraction of sp³-hybridized carbons (Fsp3) is 0.444. The van der Waals surface area contributed by atoms with Crippen LogP contribution in [0.4, 0.5) is 5.82 Å². The van der Waals surface area contributed by atoms with E-state index in [1.54, 1.807) is 12.4 Å². The first-order valence-electron chi connectivity index (χ1n) is 8.37. The Morgan fingerprint density at radius 3 is 2.64 bits per heavy atom. The van der Waals surface area contributed by atoms with Crippen LogP contribution in [-0.4, -0.2) is 32.1 Å². The molecule has 0 aliphatic rings. The molecule has 0 aliphatic heterocycles. The molecule has 1 unspecified atom stereocenters. The number of aromatic nitrogens is 3. The van der Waals surface area contributed by atoms with Gasteiger partial charge in [-0.05, 0) is 40.8 Å². The monoisotopic (exact) mass is 406 g/mol. The molecule has 7 heteroatoms. The zero-order valence-corrected chi connectivity index (χ0v) is 16.2. The Hall–Kier alpha value is -2.02. The number of nitrogens with zero attached hydrogens (tertiary/aromatic N) is 3. The summed E-state index contributed by atoms with van der Waals surface area (Å²) >= 11 is 3.40. The van der Waals surface area contributed by atoms with Crippen molar-refractivity contribution < 1.29 is 9.90 Å². The minimum atomic E-state index is -0.880. The number of hydrogen-bond donors (Lipinski definition) is 2. The van der Waals surface area contributed by atoms with Gasteiger partial charge in [0.25, 0.3) is 0 Å². The lowest BCUT2D eigenvalue weighted by molar-refractivity contribution is -0.138. The molecular formula is C18H23BrN4O2. The smallest absolute Gasteiger partial charge is 0.326 e. The van der Waals surface area contributed by atoms with Crippen molar-refractivity contribution in [1.82, 2.24) is 15.0 Å². The van der Waals surface area contributed by atoms with Gasteiger partial charge in [-0.2, -0.15) is 0 Å². The summed E-state index contributed by atoms with van der Waals surface area (Å²) in [7, 11) is 0. The standard InChI is InChI=1S/C18H23BrN4O2/c1-4-5-14-8-16(22-15(18(24)25)6-11(2)3)23-17(21-14)12-7-13(19)10-20-9-12/h7-11,15H,4-6H2,1-3H3,(H,24,25)(H,21,22,23). The Morgan fingerprint density at radius 2 is 2.04 bits per heavy atom. The molecule has 2 rings (SSSR count). The highest BCUT2D eigenvalue weighted by Gasteiger charge is 2.20. The van der Waals surface area contributed by atoms with Crippen molar-refractivity contribution in [1.29, 1.82) is 0 Å². The lowest BCUT2D eigenvalue weighted by Crippen LogP contribution is -2.31. The van der Waals surface area contributed by atoms with Crippen LogP contribution in [0.15, 0.2) is 29.0 Å². The lowest BCUT2D eigenvalue weighted by atomic mass is 10.0. The zero-order valence-electron chi connectivity index (χ0n) is 14.7. The second kappa shape index (κ2) is 8.89. The second-order valence-corrected chi connectivity index (χ2v) is 7.29. The quantitative estimate of drug-likeness (QED) is 0.683. The number of anilines is 1. The second-order valence-electron chi connectivity index (χ2n) is 6.37. The number of pyridine rings is 1. The summed E-state index contributed by atoms with van der Waals surface area (Å²) in [5.74, 6) is 0.451. The number of carboxylic acid groups (broad SMARTS) is 1. The van der Waals surface area contributed by atoms with Gasteiger partial charge in [-0.1, -0.05) is 27.2 Å². The third kappa shape index (κ3) is 5.77. The number of carbonyl (C=O) groups is 1. The Morgan fingerprint density at radius 1 is 1.28 bits per heavy atom. The summed E-state index contributed by atoms with van der Waals surface area (Å²) in [4.78, 5) is 24.8. The number of aryl methyl sites for hydroxylation is 1. The Kier molecular flexibility index (Phi) is 6.87. The summed E-state index contributed by atoms with van der Waals surface area (Å²) in [6, 6.07) is 3.04. The summed E-state index contributed by atoms with van der Waals surface area (Å²) < 4.78 is 0.840. The largest absolute Gasteiger partial charge is 0.480 e. The van der Waals surface area contributed by atoms with Crippen molar-refractivity contribution in [3.05, 3.63) is 34.7 Å². The molecule has 2 aromatic heterocycles. The first-order valence-corrected chi connectivity index (χ1v) is 9.16. The van der Waals surface area contributed by atoms with E-state index in [1.165, 1.54) is 0 Å². The number of nitrogens with one attached hydrogen (secondary N) is 1. The van der Waals surface area contributed by atoms with Crippen molar-refractivity contribution in [2.24, 2.45) is 5.92 Å². The van der Waals surface area contributed by atoms with E-state index in [2.05, 4.69) is 43.1 Å². The molecule has 2 N–H and O–H groups in total. The maximum atomic E-state index is 11.5. The average molecular weight is 407 g/mol. The van der Waals surface area contributed by atoms with E-state index in [0.717, 1.165) is 28.6 Å². The number of rotatable bonds is 8. The maximum absolute atomic E-state index is 11.5. The molecule has 0 fully saturated rings. The van der Waals surface area contributed by atoms with Crippen LogP contribution in [0.25, 0.3) is 11.4 Å². The van der Waals surface area contributed by atoms with Crippen molar-refractivity contribution in [3.8, 4) is 11.4 Å². The summed E-state index contributed by atoms with van der Waals surface area (Å²) in [5, 5.41) is 12.5. The lowest BCUT2D eigenvalue weighted by Gasteiger charge is -2.18. The van der Waals surface area contributed by atoms with Crippen LogP contribution in [0.3, 0.4) is 0 Å². The van der Waals surface area contributed by atoms with Gasteiger partial charge in [-0.15, -0.1) is 0 Å². The van der Waals surface area contributed by atoms with E-state index in [1.807, 2.05) is 26.0 Å². The van der Waals surface area contributed by atoms with Crippen molar-refractivity contribution in [3.63, 3.8) is 0 Å². The fourth-order valence-electron chi connectivity index (χ4n) is 2.49. The van der Waals surface area contributed by atoms with Crippen molar-refractivity contribution >= 4 is 27.7 Å². The third-order valence-corrected chi connectivity index (χ3v) is 4.01.